The second-order valence-corrected chi connectivity index (χ2v) is 6.57. The van der Waals surface area contributed by atoms with Crippen LogP contribution in [0.3, 0.4) is 0 Å². The fraction of sp³-hybridized carbons (Fsp3) is 0.133. The SMILES string of the molecule is CS(=O)(=O)N(CC(=O)Nc1cccc(F)c1)c1ccccc1. The largest absolute Gasteiger partial charge is 0.324 e. The summed E-state index contributed by atoms with van der Waals surface area (Å²) in [6.45, 7) is -0.390. The van der Waals surface area contributed by atoms with E-state index in [1.165, 1.54) is 18.2 Å². The molecule has 116 valence electrons. The van der Waals surface area contributed by atoms with Gasteiger partial charge in [-0.2, -0.15) is 0 Å². The fourth-order valence-electron chi connectivity index (χ4n) is 1.89. The molecule has 0 unspecified atom stereocenters. The van der Waals surface area contributed by atoms with E-state index in [9.17, 15) is 17.6 Å². The highest BCUT2D eigenvalue weighted by Gasteiger charge is 2.20. The third-order valence-corrected chi connectivity index (χ3v) is 3.98. The summed E-state index contributed by atoms with van der Waals surface area (Å²) in [6, 6.07) is 13.7. The van der Waals surface area contributed by atoms with E-state index >= 15 is 0 Å². The Labute approximate surface area is 128 Å². The molecule has 0 aromatic heterocycles. The van der Waals surface area contributed by atoms with Crippen molar-refractivity contribution in [3.63, 3.8) is 0 Å². The molecule has 0 spiro atoms. The molecule has 5 nitrogen and oxygen atoms in total. The number of benzene rings is 2. The molecule has 22 heavy (non-hydrogen) atoms. The molecule has 2 aromatic rings. The number of hydrogen-bond acceptors (Lipinski definition) is 3. The van der Waals surface area contributed by atoms with Gasteiger partial charge in [0, 0.05) is 5.69 Å². The van der Waals surface area contributed by atoms with Crippen LogP contribution in [0, 0.1) is 5.82 Å². The first-order valence-electron chi connectivity index (χ1n) is 6.44. The lowest BCUT2D eigenvalue weighted by Gasteiger charge is -2.21. The Morgan fingerprint density at radius 3 is 2.41 bits per heavy atom. The average molecular weight is 322 g/mol. The van der Waals surface area contributed by atoms with Crippen molar-refractivity contribution in [2.45, 2.75) is 0 Å². The maximum Gasteiger partial charge on any atom is 0.245 e. The van der Waals surface area contributed by atoms with Crippen LogP contribution >= 0.6 is 0 Å². The van der Waals surface area contributed by atoms with Crippen molar-refractivity contribution < 1.29 is 17.6 Å². The highest BCUT2D eigenvalue weighted by molar-refractivity contribution is 7.92. The summed E-state index contributed by atoms with van der Waals surface area (Å²) in [5.41, 5.74) is 0.658. The molecule has 0 aliphatic carbocycles. The lowest BCUT2D eigenvalue weighted by Crippen LogP contribution is -2.37. The van der Waals surface area contributed by atoms with Gasteiger partial charge >= 0.3 is 0 Å². The number of hydrogen-bond donors (Lipinski definition) is 1. The van der Waals surface area contributed by atoms with E-state index in [1.54, 1.807) is 30.3 Å². The fourth-order valence-corrected chi connectivity index (χ4v) is 2.75. The van der Waals surface area contributed by atoms with Gasteiger partial charge in [0.1, 0.15) is 12.4 Å². The highest BCUT2D eigenvalue weighted by atomic mass is 32.2. The Bertz CT molecular complexity index is 763. The second kappa shape index (κ2) is 6.57. The minimum atomic E-state index is -3.62. The zero-order chi connectivity index (χ0) is 16.2. The molecule has 0 aliphatic heterocycles. The summed E-state index contributed by atoms with van der Waals surface area (Å²) in [7, 11) is -3.62. The summed E-state index contributed by atoms with van der Waals surface area (Å²) in [5.74, 6) is -1.04. The van der Waals surface area contributed by atoms with Gasteiger partial charge in [0.25, 0.3) is 0 Å². The van der Waals surface area contributed by atoms with E-state index in [1.807, 2.05) is 0 Å². The molecule has 0 atom stereocenters. The molecule has 0 aliphatic rings. The molecule has 1 N–H and O–H groups in total. The number of carbonyl (C=O) groups excluding carboxylic acids is 1. The smallest absolute Gasteiger partial charge is 0.245 e. The van der Waals surface area contributed by atoms with Crippen LogP contribution in [-0.2, 0) is 14.8 Å². The number of para-hydroxylation sites is 1. The minimum Gasteiger partial charge on any atom is -0.324 e. The van der Waals surface area contributed by atoms with E-state index in [0.717, 1.165) is 16.6 Å². The number of sulfonamides is 1. The first-order chi connectivity index (χ1) is 10.4. The molecule has 0 saturated heterocycles. The van der Waals surface area contributed by atoms with E-state index in [2.05, 4.69) is 5.32 Å². The zero-order valence-electron chi connectivity index (χ0n) is 11.9. The van der Waals surface area contributed by atoms with E-state index in [-0.39, 0.29) is 12.2 Å². The van der Waals surface area contributed by atoms with Gasteiger partial charge in [-0.1, -0.05) is 24.3 Å². The van der Waals surface area contributed by atoms with Gasteiger partial charge in [-0.15, -0.1) is 0 Å². The highest BCUT2D eigenvalue weighted by Crippen LogP contribution is 2.17. The molecule has 0 radical (unpaired) electrons. The van der Waals surface area contributed by atoms with Crippen LogP contribution in [0.5, 0.6) is 0 Å². The van der Waals surface area contributed by atoms with Crippen LogP contribution in [0.4, 0.5) is 15.8 Å². The molecule has 1 amide bonds. The number of halogens is 1. The lowest BCUT2D eigenvalue weighted by atomic mass is 10.3. The topological polar surface area (TPSA) is 66.5 Å². The van der Waals surface area contributed by atoms with Crippen LogP contribution in [0.2, 0.25) is 0 Å². The molecule has 0 heterocycles. The summed E-state index contributed by atoms with van der Waals surface area (Å²) in [5, 5.41) is 2.47. The Morgan fingerprint density at radius 1 is 1.14 bits per heavy atom. The van der Waals surface area contributed by atoms with Crippen molar-refractivity contribution in [3.05, 3.63) is 60.4 Å². The van der Waals surface area contributed by atoms with Gasteiger partial charge in [0.15, 0.2) is 0 Å². The van der Waals surface area contributed by atoms with Gasteiger partial charge in [-0.3, -0.25) is 9.10 Å². The third-order valence-electron chi connectivity index (χ3n) is 2.84. The molecule has 0 bridgehead atoms. The van der Waals surface area contributed by atoms with Crippen molar-refractivity contribution in [3.8, 4) is 0 Å². The molecule has 0 fully saturated rings. The van der Waals surface area contributed by atoms with E-state index in [0.29, 0.717) is 5.69 Å². The van der Waals surface area contributed by atoms with Crippen molar-refractivity contribution in [1.29, 1.82) is 0 Å². The monoisotopic (exact) mass is 322 g/mol. The summed E-state index contributed by atoms with van der Waals surface area (Å²) >= 11 is 0. The number of carbonyl (C=O) groups is 1. The summed E-state index contributed by atoms with van der Waals surface area (Å²) in [6.07, 6.45) is 1.02. The molecule has 7 heteroatoms. The molecule has 0 saturated carbocycles. The number of anilines is 2. The van der Waals surface area contributed by atoms with Crippen LogP contribution < -0.4 is 9.62 Å². The van der Waals surface area contributed by atoms with Gasteiger partial charge in [-0.05, 0) is 30.3 Å². The number of amides is 1. The first-order valence-corrected chi connectivity index (χ1v) is 8.29. The number of rotatable bonds is 5. The minimum absolute atomic E-state index is 0.270. The summed E-state index contributed by atoms with van der Waals surface area (Å²) in [4.78, 5) is 12.0. The Balaban J connectivity index is 2.16. The molecular weight excluding hydrogens is 307 g/mol. The van der Waals surface area contributed by atoms with Crippen LogP contribution in [0.25, 0.3) is 0 Å². The van der Waals surface area contributed by atoms with Crippen molar-refractivity contribution in [2.75, 3.05) is 22.4 Å². The van der Waals surface area contributed by atoms with Gasteiger partial charge in [0.05, 0.1) is 11.9 Å². The van der Waals surface area contributed by atoms with Crippen molar-refractivity contribution in [1.82, 2.24) is 0 Å². The predicted molar refractivity (Wildman–Crippen MR) is 83.7 cm³/mol. The Kier molecular flexibility index (Phi) is 4.77. The van der Waals surface area contributed by atoms with Crippen LogP contribution in [0.1, 0.15) is 0 Å². The van der Waals surface area contributed by atoms with Crippen molar-refractivity contribution in [2.24, 2.45) is 0 Å². The van der Waals surface area contributed by atoms with Gasteiger partial charge < -0.3 is 5.32 Å². The van der Waals surface area contributed by atoms with E-state index < -0.39 is 21.7 Å². The normalized spacial score (nSPS) is 11.0. The summed E-state index contributed by atoms with van der Waals surface area (Å²) < 4.78 is 37.8. The van der Waals surface area contributed by atoms with Gasteiger partial charge in [0.2, 0.25) is 15.9 Å². The van der Waals surface area contributed by atoms with Crippen LogP contribution in [0.15, 0.2) is 54.6 Å². The molecular formula is C15H15FN2O3S. The molecule has 2 aromatic carbocycles. The number of nitrogens with one attached hydrogen (secondary N) is 1. The quantitative estimate of drug-likeness (QED) is 0.918. The van der Waals surface area contributed by atoms with Crippen LogP contribution in [-0.4, -0.2) is 27.1 Å². The second-order valence-electron chi connectivity index (χ2n) is 4.66. The zero-order valence-corrected chi connectivity index (χ0v) is 12.7. The predicted octanol–water partition coefficient (Wildman–Crippen LogP) is 2.23. The lowest BCUT2D eigenvalue weighted by molar-refractivity contribution is -0.114. The van der Waals surface area contributed by atoms with Crippen molar-refractivity contribution >= 4 is 27.3 Å². The van der Waals surface area contributed by atoms with Gasteiger partial charge in [-0.25, -0.2) is 12.8 Å². The third kappa shape index (κ3) is 4.29. The first kappa shape index (κ1) is 16.0. The maximum atomic E-state index is 13.1. The standard InChI is InChI=1S/C15H15FN2O3S/c1-22(20,21)18(14-8-3-2-4-9-14)11-15(19)17-13-7-5-6-12(16)10-13/h2-10H,11H2,1H3,(H,17,19). The number of nitrogens with zero attached hydrogens (tertiary/aromatic N) is 1. The van der Waals surface area contributed by atoms with E-state index in [4.69, 9.17) is 0 Å². The Morgan fingerprint density at radius 2 is 1.82 bits per heavy atom. The maximum absolute atomic E-state index is 13.1. The average Bonchev–Trinajstić information content (AvgIpc) is 2.44. The molecule has 2 rings (SSSR count). The Hall–Kier alpha value is -2.41.